The first-order valence-corrected chi connectivity index (χ1v) is 14.1. The number of aromatic nitrogens is 2. The monoisotopic (exact) mass is 538 g/mol. The van der Waals surface area contributed by atoms with Crippen molar-refractivity contribution in [2.24, 2.45) is 16.9 Å². The predicted octanol–water partition coefficient (Wildman–Crippen LogP) is 2.89. The highest BCUT2D eigenvalue weighted by atomic mass is 16.5. The molecule has 0 bridgehead atoms. The number of rotatable bonds is 11. The zero-order chi connectivity index (χ0) is 28.2. The van der Waals surface area contributed by atoms with Gasteiger partial charge in [-0.3, -0.25) is 14.4 Å². The van der Waals surface area contributed by atoms with Gasteiger partial charge in [-0.05, 0) is 81.6 Å². The molecule has 212 valence electrons. The van der Waals surface area contributed by atoms with Crippen LogP contribution < -0.4 is 22.1 Å². The summed E-state index contributed by atoms with van der Waals surface area (Å²) < 4.78 is 7.49. The molecule has 0 saturated heterocycles. The van der Waals surface area contributed by atoms with Gasteiger partial charge in [0.1, 0.15) is 6.10 Å². The second-order valence-electron chi connectivity index (χ2n) is 11.5. The molecule has 1 aromatic carbocycles. The second-order valence-corrected chi connectivity index (χ2v) is 11.5. The number of ketones is 1. The number of carbonyl (C=O) groups is 3. The van der Waals surface area contributed by atoms with Gasteiger partial charge in [-0.1, -0.05) is 20.8 Å². The number of hydrogen-bond acceptors (Lipinski definition) is 8. The van der Waals surface area contributed by atoms with E-state index in [0.29, 0.717) is 37.2 Å². The number of carbonyl (C=O) groups excluding carboxylic acids is 3. The van der Waals surface area contributed by atoms with Gasteiger partial charge in [-0.25, -0.2) is 4.68 Å². The van der Waals surface area contributed by atoms with Gasteiger partial charge in [0.05, 0.1) is 34.7 Å². The van der Waals surface area contributed by atoms with Crippen molar-refractivity contribution in [3.63, 3.8) is 0 Å². The van der Waals surface area contributed by atoms with E-state index in [9.17, 15) is 14.4 Å². The standard InChI is InChI=1S/C29H42N6O4/c1-4-22-27-24(15-29(2,3)16-25(27)36)35(34-22)19-8-11-21(28(31)38)23(14-19)33-18-6-9-20(10-7-18)39-26(37)17-32-13-5-12-30/h8,11,14,18,20,32-33H,4-7,9-10,12-13,15-17,30H2,1-3H3,(H2,31,38). The number of primary amides is 1. The van der Waals surface area contributed by atoms with Crippen molar-refractivity contribution < 1.29 is 19.1 Å². The maximum absolute atomic E-state index is 13.0. The van der Waals surface area contributed by atoms with Crippen LogP contribution in [-0.4, -0.2) is 59.2 Å². The van der Waals surface area contributed by atoms with E-state index >= 15 is 0 Å². The van der Waals surface area contributed by atoms with Crippen LogP contribution in [0.5, 0.6) is 0 Å². The molecule has 1 amide bonds. The van der Waals surface area contributed by atoms with Crippen LogP contribution in [0.25, 0.3) is 5.69 Å². The minimum atomic E-state index is -0.512. The highest BCUT2D eigenvalue weighted by Gasteiger charge is 2.36. The van der Waals surface area contributed by atoms with Crippen LogP contribution in [0.4, 0.5) is 5.69 Å². The normalized spacial score (nSPS) is 20.4. The van der Waals surface area contributed by atoms with Gasteiger partial charge in [0.15, 0.2) is 5.78 Å². The lowest BCUT2D eigenvalue weighted by molar-refractivity contribution is -0.149. The van der Waals surface area contributed by atoms with Crippen molar-refractivity contribution in [3.05, 3.63) is 40.7 Å². The smallest absolute Gasteiger partial charge is 0.320 e. The Labute approximate surface area is 230 Å². The third-order valence-electron chi connectivity index (χ3n) is 7.62. The minimum absolute atomic E-state index is 0.106. The Morgan fingerprint density at radius 1 is 1.18 bits per heavy atom. The summed E-state index contributed by atoms with van der Waals surface area (Å²) in [4.78, 5) is 37.4. The fraction of sp³-hybridized carbons (Fsp3) is 0.586. The SMILES string of the molecule is CCc1nn(-c2ccc(C(N)=O)c(NC3CCC(OC(=O)CNCCCN)CC3)c2)c2c1C(=O)CC(C)(C)C2. The molecule has 4 rings (SSSR count). The van der Waals surface area contributed by atoms with Gasteiger partial charge in [0, 0.05) is 18.2 Å². The highest BCUT2D eigenvalue weighted by molar-refractivity contribution is 6.00. The lowest BCUT2D eigenvalue weighted by atomic mass is 9.75. The molecule has 1 heterocycles. The third kappa shape index (κ3) is 6.86. The number of nitrogens with zero attached hydrogens (tertiary/aromatic N) is 2. The first-order valence-electron chi connectivity index (χ1n) is 14.1. The minimum Gasteiger partial charge on any atom is -0.461 e. The summed E-state index contributed by atoms with van der Waals surface area (Å²) in [6, 6.07) is 5.56. The first-order chi connectivity index (χ1) is 18.6. The summed E-state index contributed by atoms with van der Waals surface area (Å²) in [6.07, 6.45) is 5.69. The van der Waals surface area contributed by atoms with E-state index in [2.05, 4.69) is 24.5 Å². The van der Waals surface area contributed by atoms with Crippen molar-refractivity contribution in [1.29, 1.82) is 0 Å². The molecule has 1 saturated carbocycles. The lowest BCUT2D eigenvalue weighted by Crippen LogP contribution is -2.34. The van der Waals surface area contributed by atoms with E-state index in [4.69, 9.17) is 21.3 Å². The molecule has 6 N–H and O–H groups in total. The van der Waals surface area contributed by atoms with Crippen molar-refractivity contribution in [3.8, 4) is 5.69 Å². The van der Waals surface area contributed by atoms with Gasteiger partial charge >= 0.3 is 5.97 Å². The van der Waals surface area contributed by atoms with E-state index < -0.39 is 5.91 Å². The maximum atomic E-state index is 13.0. The molecule has 10 heteroatoms. The van der Waals surface area contributed by atoms with Gasteiger partial charge in [-0.2, -0.15) is 5.10 Å². The van der Waals surface area contributed by atoms with Crippen molar-refractivity contribution in [1.82, 2.24) is 15.1 Å². The van der Waals surface area contributed by atoms with Crippen molar-refractivity contribution in [2.45, 2.75) is 84.3 Å². The van der Waals surface area contributed by atoms with Crippen LogP contribution in [0.1, 0.15) is 91.4 Å². The molecule has 0 radical (unpaired) electrons. The molecular formula is C29H42N6O4. The Morgan fingerprint density at radius 2 is 1.92 bits per heavy atom. The molecule has 1 fully saturated rings. The van der Waals surface area contributed by atoms with Gasteiger partial charge < -0.3 is 26.8 Å². The van der Waals surface area contributed by atoms with Crippen molar-refractivity contribution in [2.75, 3.05) is 25.0 Å². The number of esters is 1. The van der Waals surface area contributed by atoms with Crippen LogP contribution in [-0.2, 0) is 22.4 Å². The van der Waals surface area contributed by atoms with E-state index in [1.54, 1.807) is 6.07 Å². The van der Waals surface area contributed by atoms with E-state index in [-0.39, 0.29) is 35.9 Å². The number of benzene rings is 1. The van der Waals surface area contributed by atoms with Crippen LogP contribution in [0, 0.1) is 5.41 Å². The number of anilines is 1. The summed E-state index contributed by atoms with van der Waals surface area (Å²) in [6.45, 7) is 7.68. The number of amides is 1. The number of ether oxygens (including phenoxy) is 1. The summed E-state index contributed by atoms with van der Waals surface area (Å²) >= 11 is 0. The maximum Gasteiger partial charge on any atom is 0.320 e. The first kappa shape index (κ1) is 28.8. The number of nitrogens with two attached hydrogens (primary N) is 2. The molecule has 2 aliphatic rings. The van der Waals surface area contributed by atoms with Crippen molar-refractivity contribution >= 4 is 23.3 Å². The van der Waals surface area contributed by atoms with Crippen LogP contribution in [0.3, 0.4) is 0 Å². The fourth-order valence-corrected chi connectivity index (χ4v) is 5.68. The van der Waals surface area contributed by atoms with Crippen LogP contribution in [0.2, 0.25) is 0 Å². The third-order valence-corrected chi connectivity index (χ3v) is 7.62. The largest absolute Gasteiger partial charge is 0.461 e. The Morgan fingerprint density at radius 3 is 2.59 bits per heavy atom. The Kier molecular flexibility index (Phi) is 9.07. The van der Waals surface area contributed by atoms with E-state index in [1.165, 1.54) is 0 Å². The zero-order valence-corrected chi connectivity index (χ0v) is 23.3. The average molecular weight is 539 g/mol. The quantitative estimate of drug-likeness (QED) is 0.251. The Bertz CT molecular complexity index is 1210. The van der Waals surface area contributed by atoms with E-state index in [1.807, 2.05) is 23.7 Å². The van der Waals surface area contributed by atoms with Crippen LogP contribution in [0.15, 0.2) is 18.2 Å². The Balaban J connectivity index is 1.48. The predicted molar refractivity (Wildman–Crippen MR) is 150 cm³/mol. The number of fused-ring (bicyclic) bond motifs is 1. The number of aryl methyl sites for hydroxylation is 1. The number of nitrogens with one attached hydrogen (secondary N) is 2. The molecule has 10 nitrogen and oxygen atoms in total. The zero-order valence-electron chi connectivity index (χ0n) is 23.3. The van der Waals surface area contributed by atoms with Gasteiger partial charge in [0.2, 0.25) is 0 Å². The van der Waals surface area contributed by atoms with Crippen LogP contribution >= 0.6 is 0 Å². The van der Waals surface area contributed by atoms with Gasteiger partial charge in [0.25, 0.3) is 5.91 Å². The fourth-order valence-electron chi connectivity index (χ4n) is 5.68. The molecule has 0 spiro atoms. The summed E-state index contributed by atoms with van der Waals surface area (Å²) in [5, 5.41) is 11.4. The number of hydrogen-bond donors (Lipinski definition) is 4. The summed E-state index contributed by atoms with van der Waals surface area (Å²) in [7, 11) is 0. The molecule has 2 aromatic rings. The van der Waals surface area contributed by atoms with Gasteiger partial charge in [-0.15, -0.1) is 0 Å². The molecule has 2 aliphatic carbocycles. The molecule has 1 aromatic heterocycles. The Hall–Kier alpha value is -3.24. The second kappa shape index (κ2) is 12.3. The molecule has 0 unspecified atom stereocenters. The number of Topliss-reactive ketones (excluding diaryl/α,β-unsaturated/α-hetero) is 1. The average Bonchev–Trinajstić information content (AvgIpc) is 3.25. The summed E-state index contributed by atoms with van der Waals surface area (Å²) in [5.41, 5.74) is 15.4. The highest BCUT2D eigenvalue weighted by Crippen LogP contribution is 2.38. The topological polar surface area (TPSA) is 154 Å². The molecule has 0 aliphatic heterocycles. The molecule has 0 atom stereocenters. The summed E-state index contributed by atoms with van der Waals surface area (Å²) in [5.74, 6) is -0.620. The molecule has 39 heavy (non-hydrogen) atoms. The molecular weight excluding hydrogens is 496 g/mol. The lowest BCUT2D eigenvalue weighted by Gasteiger charge is -2.30. The van der Waals surface area contributed by atoms with E-state index in [0.717, 1.165) is 61.2 Å².